The minimum atomic E-state index is -1.31. The van der Waals surface area contributed by atoms with Crippen LogP contribution < -0.4 is 5.32 Å². The predicted molar refractivity (Wildman–Crippen MR) is 48.7 cm³/mol. The first-order valence-corrected chi connectivity index (χ1v) is 4.33. The van der Waals surface area contributed by atoms with Crippen LogP contribution in [0.15, 0.2) is 0 Å². The average molecular weight is 188 g/mol. The van der Waals surface area contributed by atoms with Gasteiger partial charge in [0.2, 0.25) is 0 Å². The monoisotopic (exact) mass is 188 g/mol. The lowest BCUT2D eigenvalue weighted by atomic mass is 10.2. The molecular weight excluding hydrogens is 172 g/mol. The number of carbonyl (C=O) groups is 2. The Balaban J connectivity index is 3.63. The molecule has 5 heteroatoms. The number of hydrogen-bond acceptors (Lipinski definition) is 2. The van der Waals surface area contributed by atoms with Crippen molar-refractivity contribution in [3.05, 3.63) is 0 Å². The van der Waals surface area contributed by atoms with Crippen LogP contribution in [0.1, 0.15) is 26.2 Å². The second-order valence-electron chi connectivity index (χ2n) is 2.86. The Morgan fingerprint density at radius 3 is 2.46 bits per heavy atom. The zero-order valence-corrected chi connectivity index (χ0v) is 8.04. The third kappa shape index (κ3) is 5.95. The van der Waals surface area contributed by atoms with Crippen LogP contribution in [0, 0.1) is 0 Å². The molecule has 2 N–H and O–H groups in total. The van der Waals surface area contributed by atoms with E-state index < -0.39 is 12.1 Å². The van der Waals surface area contributed by atoms with Gasteiger partial charge in [0.15, 0.2) is 0 Å². The number of carboxylic acid groups (broad SMARTS) is 1. The Labute approximate surface area is 77.7 Å². The maximum atomic E-state index is 11.0. The molecule has 0 unspecified atom stereocenters. The molecule has 0 aliphatic rings. The minimum Gasteiger partial charge on any atom is -0.465 e. The second kappa shape index (κ2) is 6.28. The number of nitrogens with zero attached hydrogens (tertiary/aromatic N) is 1. The third-order valence-electron chi connectivity index (χ3n) is 1.66. The first kappa shape index (κ1) is 11.7. The van der Waals surface area contributed by atoms with Crippen molar-refractivity contribution in [1.29, 1.82) is 0 Å². The highest BCUT2D eigenvalue weighted by molar-refractivity contribution is 5.89. The smallest absolute Gasteiger partial charge is 0.412 e. The van der Waals surface area contributed by atoms with Crippen LogP contribution in [0.5, 0.6) is 0 Å². The normalized spacial score (nSPS) is 9.38. The third-order valence-corrected chi connectivity index (χ3v) is 1.66. The van der Waals surface area contributed by atoms with Crippen LogP contribution in [0.25, 0.3) is 0 Å². The maximum Gasteiger partial charge on any atom is 0.412 e. The summed E-state index contributed by atoms with van der Waals surface area (Å²) in [5, 5.41) is 10.0. The molecule has 0 spiro atoms. The van der Waals surface area contributed by atoms with Gasteiger partial charge in [-0.15, -0.1) is 0 Å². The minimum absolute atomic E-state index is 0.566. The molecule has 5 nitrogen and oxygen atoms in total. The van der Waals surface area contributed by atoms with Crippen molar-refractivity contribution in [1.82, 2.24) is 10.2 Å². The summed E-state index contributed by atoms with van der Waals surface area (Å²) in [6.45, 7) is 2.66. The lowest BCUT2D eigenvalue weighted by Gasteiger charge is -2.15. The Morgan fingerprint density at radius 1 is 1.38 bits per heavy atom. The molecule has 0 aromatic carbocycles. The Morgan fingerprint density at radius 2 is 2.00 bits per heavy atom. The van der Waals surface area contributed by atoms with Crippen LogP contribution in [0.3, 0.4) is 0 Å². The highest BCUT2D eigenvalue weighted by atomic mass is 16.4. The van der Waals surface area contributed by atoms with Gasteiger partial charge in [-0.25, -0.2) is 14.9 Å². The highest BCUT2D eigenvalue weighted by Crippen LogP contribution is 1.96. The molecule has 0 fully saturated rings. The lowest BCUT2D eigenvalue weighted by molar-refractivity contribution is 0.181. The Bertz CT molecular complexity index is 182. The topological polar surface area (TPSA) is 69.6 Å². The van der Waals surface area contributed by atoms with Crippen molar-refractivity contribution < 1.29 is 14.7 Å². The van der Waals surface area contributed by atoms with E-state index in [1.165, 1.54) is 4.90 Å². The molecule has 0 saturated heterocycles. The zero-order valence-electron chi connectivity index (χ0n) is 8.04. The molecular formula is C8H16N2O3. The number of nitrogens with one attached hydrogen (secondary N) is 1. The molecule has 0 radical (unpaired) electrons. The van der Waals surface area contributed by atoms with Crippen LogP contribution in [0.4, 0.5) is 9.59 Å². The summed E-state index contributed by atoms with van der Waals surface area (Å²) >= 11 is 0. The summed E-state index contributed by atoms with van der Waals surface area (Å²) in [6.07, 6.45) is 1.71. The Kier molecular flexibility index (Phi) is 5.67. The molecule has 0 aliphatic carbocycles. The number of rotatable bonds is 4. The SMILES string of the molecule is CCCCCN(C)C(=O)NC(=O)O. The molecule has 13 heavy (non-hydrogen) atoms. The van der Waals surface area contributed by atoms with E-state index in [9.17, 15) is 9.59 Å². The van der Waals surface area contributed by atoms with Gasteiger partial charge in [0, 0.05) is 13.6 Å². The molecule has 3 amide bonds. The molecule has 0 rings (SSSR count). The standard InChI is InChI=1S/C8H16N2O3/c1-3-4-5-6-10(2)7(11)9-8(12)13/h3-6H2,1-2H3,(H,9,11)(H,12,13). The van der Waals surface area contributed by atoms with Crippen molar-refractivity contribution >= 4 is 12.1 Å². The Hall–Kier alpha value is -1.26. The summed E-state index contributed by atoms with van der Waals surface area (Å²) in [5.41, 5.74) is 0. The number of amides is 3. The molecule has 0 bridgehead atoms. The fraction of sp³-hybridized carbons (Fsp3) is 0.750. The first-order valence-electron chi connectivity index (χ1n) is 4.33. The number of carbonyl (C=O) groups excluding carboxylic acids is 1. The predicted octanol–water partition coefficient (Wildman–Crippen LogP) is 1.50. The van der Waals surface area contributed by atoms with Gasteiger partial charge in [0.25, 0.3) is 0 Å². The van der Waals surface area contributed by atoms with E-state index in [4.69, 9.17) is 5.11 Å². The van der Waals surface area contributed by atoms with E-state index in [-0.39, 0.29) is 0 Å². The molecule has 0 aromatic rings. The fourth-order valence-electron chi connectivity index (χ4n) is 0.887. The summed E-state index contributed by atoms with van der Waals surface area (Å²) in [4.78, 5) is 22.4. The molecule has 0 heterocycles. The van der Waals surface area contributed by atoms with Crippen LogP contribution >= 0.6 is 0 Å². The summed E-state index contributed by atoms with van der Waals surface area (Å²) in [7, 11) is 1.58. The van der Waals surface area contributed by atoms with Crippen molar-refractivity contribution in [2.75, 3.05) is 13.6 Å². The van der Waals surface area contributed by atoms with Crippen molar-refractivity contribution in [3.8, 4) is 0 Å². The largest absolute Gasteiger partial charge is 0.465 e. The maximum absolute atomic E-state index is 11.0. The van der Waals surface area contributed by atoms with Gasteiger partial charge in [-0.3, -0.25) is 0 Å². The summed E-state index contributed by atoms with van der Waals surface area (Å²) in [5.74, 6) is 0. The number of hydrogen-bond donors (Lipinski definition) is 2. The summed E-state index contributed by atoms with van der Waals surface area (Å²) in [6, 6.07) is -0.566. The van der Waals surface area contributed by atoms with Gasteiger partial charge in [-0.2, -0.15) is 0 Å². The van der Waals surface area contributed by atoms with Gasteiger partial charge >= 0.3 is 12.1 Å². The van der Waals surface area contributed by atoms with E-state index in [2.05, 4.69) is 6.92 Å². The molecule has 76 valence electrons. The second-order valence-corrected chi connectivity index (χ2v) is 2.86. The molecule has 0 aliphatic heterocycles. The van der Waals surface area contributed by atoms with Gasteiger partial charge in [0.05, 0.1) is 0 Å². The number of unbranched alkanes of at least 4 members (excludes halogenated alkanes) is 2. The van der Waals surface area contributed by atoms with Crippen molar-refractivity contribution in [2.45, 2.75) is 26.2 Å². The van der Waals surface area contributed by atoms with E-state index in [1.807, 2.05) is 0 Å². The van der Waals surface area contributed by atoms with Crippen LogP contribution in [0.2, 0.25) is 0 Å². The van der Waals surface area contributed by atoms with Crippen molar-refractivity contribution in [2.24, 2.45) is 0 Å². The summed E-state index contributed by atoms with van der Waals surface area (Å²) < 4.78 is 0. The van der Waals surface area contributed by atoms with E-state index >= 15 is 0 Å². The van der Waals surface area contributed by atoms with Gasteiger partial charge in [0.1, 0.15) is 0 Å². The van der Waals surface area contributed by atoms with Crippen molar-refractivity contribution in [3.63, 3.8) is 0 Å². The highest BCUT2D eigenvalue weighted by Gasteiger charge is 2.09. The fourth-order valence-corrected chi connectivity index (χ4v) is 0.887. The average Bonchev–Trinajstić information content (AvgIpc) is 2.03. The van der Waals surface area contributed by atoms with E-state index in [0.717, 1.165) is 19.3 Å². The molecule has 0 saturated carbocycles. The van der Waals surface area contributed by atoms with Crippen LogP contribution in [-0.2, 0) is 0 Å². The zero-order chi connectivity index (χ0) is 10.3. The number of urea groups is 1. The lowest BCUT2D eigenvalue weighted by Crippen LogP contribution is -2.40. The van der Waals surface area contributed by atoms with Crippen LogP contribution in [-0.4, -0.2) is 35.7 Å². The quantitative estimate of drug-likeness (QED) is 0.657. The van der Waals surface area contributed by atoms with E-state index in [0.29, 0.717) is 6.54 Å². The van der Waals surface area contributed by atoms with Gasteiger partial charge < -0.3 is 10.0 Å². The van der Waals surface area contributed by atoms with Gasteiger partial charge in [-0.05, 0) is 6.42 Å². The number of imide groups is 1. The van der Waals surface area contributed by atoms with E-state index in [1.54, 1.807) is 12.4 Å². The first-order chi connectivity index (χ1) is 6.07. The molecule has 0 atom stereocenters. The van der Waals surface area contributed by atoms with Gasteiger partial charge in [-0.1, -0.05) is 19.8 Å². The molecule has 0 aromatic heterocycles.